The lowest BCUT2D eigenvalue weighted by molar-refractivity contribution is -0.128. The lowest BCUT2D eigenvalue weighted by Crippen LogP contribution is -2.43. The van der Waals surface area contributed by atoms with Gasteiger partial charge in [0.2, 0.25) is 11.8 Å². The fraction of sp³-hybridized carbons (Fsp3) is 0.688. The maximum Gasteiger partial charge on any atom is 0.241 e. The number of amides is 1. The molecule has 23 heavy (non-hydrogen) atoms. The van der Waals surface area contributed by atoms with Crippen LogP contribution in [0.4, 0.5) is 0 Å². The fourth-order valence-electron chi connectivity index (χ4n) is 2.36. The third-order valence-electron chi connectivity index (χ3n) is 3.79. The van der Waals surface area contributed by atoms with E-state index in [4.69, 9.17) is 4.42 Å². The van der Waals surface area contributed by atoms with Crippen LogP contribution in [-0.4, -0.2) is 48.4 Å². The van der Waals surface area contributed by atoms with E-state index in [0.717, 1.165) is 31.7 Å². The summed E-state index contributed by atoms with van der Waals surface area (Å²) < 4.78 is 5.72. The third-order valence-corrected chi connectivity index (χ3v) is 3.79. The molecule has 0 saturated carbocycles. The standard InChI is InChI=1S/C16H27N5O2/c1-16(2,3)12-9-18-13(23-12)10-19-15(17-4)20-11-14(22)21-7-5-6-8-21/h9H,5-8,10-11H2,1-4H3,(H2,17,19,20). The number of aromatic nitrogens is 1. The van der Waals surface area contributed by atoms with Crippen LogP contribution in [0.15, 0.2) is 15.6 Å². The van der Waals surface area contributed by atoms with Crippen LogP contribution >= 0.6 is 0 Å². The Hall–Kier alpha value is -2.05. The smallest absolute Gasteiger partial charge is 0.241 e. The van der Waals surface area contributed by atoms with Crippen molar-refractivity contribution in [2.75, 3.05) is 26.7 Å². The molecule has 0 atom stereocenters. The number of aliphatic imine (C=N–C) groups is 1. The Kier molecular flexibility index (Phi) is 5.63. The molecule has 1 aromatic rings. The molecule has 7 nitrogen and oxygen atoms in total. The molecule has 1 saturated heterocycles. The number of guanidine groups is 1. The van der Waals surface area contributed by atoms with Gasteiger partial charge in [-0.15, -0.1) is 0 Å². The zero-order valence-corrected chi connectivity index (χ0v) is 14.5. The number of hydrogen-bond donors (Lipinski definition) is 2. The highest BCUT2D eigenvalue weighted by molar-refractivity contribution is 5.86. The summed E-state index contributed by atoms with van der Waals surface area (Å²) in [5.41, 5.74) is -0.0622. The Labute approximate surface area is 137 Å². The first kappa shape index (κ1) is 17.3. The van der Waals surface area contributed by atoms with Crippen LogP contribution in [0.2, 0.25) is 0 Å². The molecule has 2 heterocycles. The first-order valence-electron chi connectivity index (χ1n) is 8.07. The fourth-order valence-corrected chi connectivity index (χ4v) is 2.36. The summed E-state index contributed by atoms with van der Waals surface area (Å²) >= 11 is 0. The maximum atomic E-state index is 12.0. The lowest BCUT2D eigenvalue weighted by Gasteiger charge is -2.17. The molecule has 0 unspecified atom stereocenters. The SMILES string of the molecule is CN=C(NCC(=O)N1CCCC1)NCc1ncc(C(C)(C)C)o1. The van der Waals surface area contributed by atoms with Crippen molar-refractivity contribution in [1.82, 2.24) is 20.5 Å². The van der Waals surface area contributed by atoms with Crippen LogP contribution in [-0.2, 0) is 16.8 Å². The average Bonchev–Trinajstić information content (AvgIpc) is 3.18. The van der Waals surface area contributed by atoms with E-state index < -0.39 is 0 Å². The number of carbonyl (C=O) groups excluding carboxylic acids is 1. The van der Waals surface area contributed by atoms with Crippen molar-refractivity contribution >= 4 is 11.9 Å². The Morgan fingerprint density at radius 1 is 1.35 bits per heavy atom. The predicted molar refractivity (Wildman–Crippen MR) is 89.2 cm³/mol. The molecule has 1 aliphatic heterocycles. The summed E-state index contributed by atoms with van der Waals surface area (Å²) in [6, 6.07) is 0. The van der Waals surface area contributed by atoms with Crippen LogP contribution in [0.25, 0.3) is 0 Å². The third kappa shape index (κ3) is 4.97. The van der Waals surface area contributed by atoms with Gasteiger partial charge in [-0.3, -0.25) is 9.79 Å². The largest absolute Gasteiger partial charge is 0.443 e. The molecule has 0 spiro atoms. The number of nitrogens with one attached hydrogen (secondary N) is 2. The van der Waals surface area contributed by atoms with Crippen molar-refractivity contribution in [3.05, 3.63) is 17.8 Å². The zero-order valence-electron chi connectivity index (χ0n) is 14.5. The molecular formula is C16H27N5O2. The summed E-state index contributed by atoms with van der Waals surface area (Å²) in [6.45, 7) is 8.63. The van der Waals surface area contributed by atoms with Crippen LogP contribution in [0, 0.1) is 0 Å². The van der Waals surface area contributed by atoms with Gasteiger partial charge in [-0.1, -0.05) is 20.8 Å². The molecule has 1 aromatic heterocycles. The van der Waals surface area contributed by atoms with E-state index in [-0.39, 0.29) is 17.9 Å². The minimum absolute atomic E-state index is 0.0622. The van der Waals surface area contributed by atoms with E-state index in [2.05, 4.69) is 41.4 Å². The summed E-state index contributed by atoms with van der Waals surface area (Å²) in [5.74, 6) is 2.12. The van der Waals surface area contributed by atoms with Gasteiger partial charge in [0.05, 0.1) is 19.3 Å². The maximum absolute atomic E-state index is 12.0. The van der Waals surface area contributed by atoms with Gasteiger partial charge < -0.3 is 20.0 Å². The van der Waals surface area contributed by atoms with Crippen molar-refractivity contribution < 1.29 is 9.21 Å². The van der Waals surface area contributed by atoms with Gasteiger partial charge in [-0.2, -0.15) is 0 Å². The monoisotopic (exact) mass is 321 g/mol. The molecule has 128 valence electrons. The van der Waals surface area contributed by atoms with Crippen LogP contribution in [0.5, 0.6) is 0 Å². The van der Waals surface area contributed by atoms with Gasteiger partial charge in [0, 0.05) is 25.6 Å². The molecule has 2 N–H and O–H groups in total. The Bertz CT molecular complexity index is 553. The second kappa shape index (κ2) is 7.48. The van der Waals surface area contributed by atoms with Gasteiger partial charge in [-0.25, -0.2) is 4.98 Å². The molecule has 0 aromatic carbocycles. The van der Waals surface area contributed by atoms with Gasteiger partial charge in [0.15, 0.2) is 5.96 Å². The Morgan fingerprint density at radius 2 is 2.04 bits per heavy atom. The topological polar surface area (TPSA) is 82.8 Å². The number of oxazole rings is 1. The van der Waals surface area contributed by atoms with Crippen molar-refractivity contribution in [3.63, 3.8) is 0 Å². The molecule has 1 aliphatic rings. The molecule has 0 bridgehead atoms. The molecule has 1 fully saturated rings. The van der Waals surface area contributed by atoms with Crippen LogP contribution in [0.3, 0.4) is 0 Å². The van der Waals surface area contributed by atoms with Crippen molar-refractivity contribution in [2.24, 2.45) is 4.99 Å². The minimum atomic E-state index is -0.0622. The Morgan fingerprint density at radius 3 is 2.61 bits per heavy atom. The first-order valence-corrected chi connectivity index (χ1v) is 8.07. The number of carbonyl (C=O) groups is 1. The summed E-state index contributed by atoms with van der Waals surface area (Å²) in [4.78, 5) is 22.3. The number of hydrogen-bond acceptors (Lipinski definition) is 4. The molecular weight excluding hydrogens is 294 g/mol. The second-order valence-corrected chi connectivity index (χ2v) is 6.74. The number of nitrogens with zero attached hydrogens (tertiary/aromatic N) is 3. The van der Waals surface area contributed by atoms with Gasteiger partial charge in [0.1, 0.15) is 5.76 Å². The molecule has 1 amide bonds. The van der Waals surface area contributed by atoms with Gasteiger partial charge >= 0.3 is 0 Å². The van der Waals surface area contributed by atoms with E-state index in [1.807, 2.05) is 4.90 Å². The average molecular weight is 321 g/mol. The summed E-state index contributed by atoms with van der Waals surface area (Å²) in [5, 5.41) is 6.14. The van der Waals surface area contributed by atoms with Gasteiger partial charge in [-0.05, 0) is 12.8 Å². The normalized spacial score (nSPS) is 15.8. The quantitative estimate of drug-likeness (QED) is 0.644. The number of likely N-dealkylation sites (tertiary alicyclic amines) is 1. The van der Waals surface area contributed by atoms with E-state index in [9.17, 15) is 4.79 Å². The highest BCUT2D eigenvalue weighted by Crippen LogP contribution is 2.22. The molecule has 7 heteroatoms. The Balaban J connectivity index is 1.78. The van der Waals surface area contributed by atoms with Crippen molar-refractivity contribution in [3.8, 4) is 0 Å². The highest BCUT2D eigenvalue weighted by Gasteiger charge is 2.20. The second-order valence-electron chi connectivity index (χ2n) is 6.74. The van der Waals surface area contributed by atoms with Crippen molar-refractivity contribution in [2.45, 2.75) is 45.6 Å². The molecule has 0 aliphatic carbocycles. The van der Waals surface area contributed by atoms with Crippen LogP contribution in [0.1, 0.15) is 45.3 Å². The summed E-state index contributed by atoms with van der Waals surface area (Å²) in [7, 11) is 1.67. The summed E-state index contributed by atoms with van der Waals surface area (Å²) in [6.07, 6.45) is 3.95. The van der Waals surface area contributed by atoms with E-state index in [0.29, 0.717) is 18.4 Å². The molecule has 0 radical (unpaired) electrons. The highest BCUT2D eigenvalue weighted by atomic mass is 16.4. The minimum Gasteiger partial charge on any atom is -0.443 e. The van der Waals surface area contributed by atoms with Crippen LogP contribution < -0.4 is 10.6 Å². The first-order chi connectivity index (χ1) is 10.9. The van der Waals surface area contributed by atoms with E-state index in [1.165, 1.54) is 0 Å². The predicted octanol–water partition coefficient (Wildman–Crippen LogP) is 1.26. The number of rotatable bonds is 4. The van der Waals surface area contributed by atoms with Crippen molar-refractivity contribution in [1.29, 1.82) is 0 Å². The molecule has 2 rings (SSSR count). The zero-order chi connectivity index (χ0) is 16.9. The van der Waals surface area contributed by atoms with E-state index in [1.54, 1.807) is 13.2 Å². The van der Waals surface area contributed by atoms with Gasteiger partial charge in [0.25, 0.3) is 0 Å². The lowest BCUT2D eigenvalue weighted by atomic mass is 9.94. The van der Waals surface area contributed by atoms with E-state index >= 15 is 0 Å².